The van der Waals surface area contributed by atoms with E-state index in [1.54, 1.807) is 12.1 Å². The zero-order valence-corrected chi connectivity index (χ0v) is 14.9. The standard InChI is InChI=1S/C16H10Cl3N3O3/c1-7(23)21-15-9(18)6-20-16(14(15)19)12-5-10(22-25-12)13-8(17)3-2-4-11(13)24/h2-6,24H,1H3,(H,20,21,23). The van der Waals surface area contributed by atoms with Gasteiger partial charge in [0.25, 0.3) is 0 Å². The molecular weight excluding hydrogens is 389 g/mol. The van der Waals surface area contributed by atoms with Gasteiger partial charge < -0.3 is 14.9 Å². The van der Waals surface area contributed by atoms with Crippen molar-refractivity contribution in [1.82, 2.24) is 10.1 Å². The zero-order valence-electron chi connectivity index (χ0n) is 12.7. The second-order valence-electron chi connectivity index (χ2n) is 5.04. The van der Waals surface area contributed by atoms with Gasteiger partial charge in [0.1, 0.15) is 17.1 Å². The van der Waals surface area contributed by atoms with Crippen LogP contribution in [-0.4, -0.2) is 21.2 Å². The first-order valence-corrected chi connectivity index (χ1v) is 8.08. The van der Waals surface area contributed by atoms with Gasteiger partial charge in [-0.15, -0.1) is 0 Å². The Morgan fingerprint density at radius 2 is 2.00 bits per heavy atom. The van der Waals surface area contributed by atoms with Gasteiger partial charge in [-0.3, -0.25) is 4.79 Å². The molecule has 0 saturated carbocycles. The van der Waals surface area contributed by atoms with E-state index in [1.165, 1.54) is 25.3 Å². The van der Waals surface area contributed by atoms with E-state index in [-0.39, 0.29) is 38.8 Å². The van der Waals surface area contributed by atoms with Crippen LogP contribution in [0.1, 0.15) is 6.92 Å². The largest absolute Gasteiger partial charge is 0.507 e. The van der Waals surface area contributed by atoms with Crippen molar-refractivity contribution in [2.45, 2.75) is 6.92 Å². The first-order valence-electron chi connectivity index (χ1n) is 6.95. The SMILES string of the molecule is CC(=O)Nc1c(Cl)cnc(-c2cc(-c3c(O)cccc3Cl)no2)c1Cl. The lowest BCUT2D eigenvalue weighted by Gasteiger charge is -2.09. The van der Waals surface area contributed by atoms with Crippen LogP contribution < -0.4 is 5.32 Å². The van der Waals surface area contributed by atoms with Crippen molar-refractivity contribution >= 4 is 46.4 Å². The molecule has 128 valence electrons. The lowest BCUT2D eigenvalue weighted by Crippen LogP contribution is -2.07. The lowest BCUT2D eigenvalue weighted by molar-refractivity contribution is -0.114. The number of carbonyl (C=O) groups excluding carboxylic acids is 1. The van der Waals surface area contributed by atoms with Crippen LogP contribution in [0.3, 0.4) is 0 Å². The second kappa shape index (κ2) is 6.92. The van der Waals surface area contributed by atoms with Gasteiger partial charge in [-0.25, -0.2) is 4.98 Å². The first kappa shape index (κ1) is 17.5. The predicted octanol–water partition coefficient (Wildman–Crippen LogP) is 5.03. The van der Waals surface area contributed by atoms with Gasteiger partial charge in [0, 0.05) is 19.2 Å². The summed E-state index contributed by atoms with van der Waals surface area (Å²) in [5.41, 5.74) is 1.10. The predicted molar refractivity (Wildman–Crippen MR) is 96.2 cm³/mol. The fourth-order valence-electron chi connectivity index (χ4n) is 2.20. The fourth-order valence-corrected chi connectivity index (χ4v) is 3.00. The Balaban J connectivity index is 2.08. The number of amides is 1. The molecule has 3 rings (SSSR count). The Morgan fingerprint density at radius 3 is 2.68 bits per heavy atom. The number of hydrogen-bond donors (Lipinski definition) is 2. The Labute approximate surface area is 157 Å². The molecule has 0 fully saturated rings. The van der Waals surface area contributed by atoms with E-state index in [4.69, 9.17) is 39.3 Å². The van der Waals surface area contributed by atoms with Crippen molar-refractivity contribution in [2.24, 2.45) is 0 Å². The molecule has 2 N–H and O–H groups in total. The maximum atomic E-state index is 11.3. The molecule has 3 aromatic rings. The molecular formula is C16H10Cl3N3O3. The summed E-state index contributed by atoms with van der Waals surface area (Å²) in [7, 11) is 0. The van der Waals surface area contributed by atoms with Crippen molar-refractivity contribution in [3.05, 3.63) is 45.5 Å². The summed E-state index contributed by atoms with van der Waals surface area (Å²) in [6, 6.07) is 6.24. The Morgan fingerprint density at radius 1 is 1.24 bits per heavy atom. The van der Waals surface area contributed by atoms with Gasteiger partial charge in [-0.2, -0.15) is 0 Å². The number of halogens is 3. The summed E-state index contributed by atoms with van der Waals surface area (Å²) < 4.78 is 5.27. The summed E-state index contributed by atoms with van der Waals surface area (Å²) in [4.78, 5) is 15.4. The van der Waals surface area contributed by atoms with E-state index in [0.717, 1.165) is 0 Å². The molecule has 25 heavy (non-hydrogen) atoms. The number of phenolic OH excluding ortho intramolecular Hbond substituents is 1. The Kier molecular flexibility index (Phi) is 4.85. The number of anilines is 1. The molecule has 0 unspecified atom stereocenters. The monoisotopic (exact) mass is 397 g/mol. The quantitative estimate of drug-likeness (QED) is 0.646. The number of phenols is 1. The molecule has 1 aromatic carbocycles. The molecule has 0 saturated heterocycles. The minimum Gasteiger partial charge on any atom is -0.507 e. The molecule has 6 nitrogen and oxygen atoms in total. The zero-order chi connectivity index (χ0) is 18.1. The number of rotatable bonds is 3. The smallest absolute Gasteiger partial charge is 0.221 e. The van der Waals surface area contributed by atoms with Crippen LogP contribution in [0, 0.1) is 0 Å². The summed E-state index contributed by atoms with van der Waals surface area (Å²) in [6.45, 7) is 1.33. The first-order chi connectivity index (χ1) is 11.9. The molecule has 2 heterocycles. The minimum absolute atomic E-state index is 0.0403. The number of benzene rings is 1. The van der Waals surface area contributed by atoms with Crippen LogP contribution in [0.25, 0.3) is 22.7 Å². The molecule has 0 radical (unpaired) electrons. The summed E-state index contributed by atoms with van der Waals surface area (Å²) >= 11 is 18.4. The number of carbonyl (C=O) groups is 1. The van der Waals surface area contributed by atoms with Crippen LogP contribution in [-0.2, 0) is 4.79 Å². The highest BCUT2D eigenvalue weighted by Gasteiger charge is 2.20. The fraction of sp³-hybridized carbons (Fsp3) is 0.0625. The van der Waals surface area contributed by atoms with Crippen LogP contribution in [0.15, 0.2) is 35.0 Å². The highest BCUT2D eigenvalue weighted by Crippen LogP contribution is 2.40. The normalized spacial score (nSPS) is 10.7. The molecule has 1 amide bonds. The third-order valence-corrected chi connectivity index (χ3v) is 4.24. The maximum absolute atomic E-state index is 11.3. The highest BCUT2D eigenvalue weighted by atomic mass is 35.5. The molecule has 0 aliphatic carbocycles. The van der Waals surface area contributed by atoms with E-state index in [0.29, 0.717) is 16.3 Å². The molecule has 0 bridgehead atoms. The number of hydrogen-bond acceptors (Lipinski definition) is 5. The molecule has 0 spiro atoms. The molecule has 0 atom stereocenters. The third-order valence-electron chi connectivity index (χ3n) is 3.27. The molecule has 0 aliphatic rings. The van der Waals surface area contributed by atoms with Gasteiger partial charge in [0.2, 0.25) is 5.91 Å². The van der Waals surface area contributed by atoms with Crippen molar-refractivity contribution in [1.29, 1.82) is 0 Å². The summed E-state index contributed by atoms with van der Waals surface area (Å²) in [5, 5.41) is 17.0. The van der Waals surface area contributed by atoms with E-state index in [2.05, 4.69) is 15.5 Å². The van der Waals surface area contributed by atoms with Gasteiger partial charge in [0.15, 0.2) is 5.76 Å². The van der Waals surface area contributed by atoms with Gasteiger partial charge >= 0.3 is 0 Å². The number of aromatic hydroxyl groups is 1. The van der Waals surface area contributed by atoms with Gasteiger partial charge in [0.05, 0.1) is 26.3 Å². The van der Waals surface area contributed by atoms with Crippen LogP contribution in [0.5, 0.6) is 5.75 Å². The van der Waals surface area contributed by atoms with Crippen LogP contribution in [0.2, 0.25) is 15.1 Å². The van der Waals surface area contributed by atoms with E-state index in [1.807, 2.05) is 0 Å². The second-order valence-corrected chi connectivity index (χ2v) is 6.23. The molecule has 0 aliphatic heterocycles. The highest BCUT2D eigenvalue weighted by molar-refractivity contribution is 6.41. The lowest BCUT2D eigenvalue weighted by atomic mass is 10.1. The average Bonchev–Trinajstić information content (AvgIpc) is 3.00. The van der Waals surface area contributed by atoms with Crippen molar-refractivity contribution in [3.8, 4) is 28.5 Å². The topological polar surface area (TPSA) is 88.2 Å². The number of nitrogens with zero attached hydrogens (tertiary/aromatic N) is 2. The molecule has 9 heteroatoms. The number of aromatic nitrogens is 2. The maximum Gasteiger partial charge on any atom is 0.221 e. The van der Waals surface area contributed by atoms with Gasteiger partial charge in [-0.1, -0.05) is 46.0 Å². The van der Waals surface area contributed by atoms with Crippen LogP contribution >= 0.6 is 34.8 Å². The van der Waals surface area contributed by atoms with Crippen molar-refractivity contribution in [2.75, 3.05) is 5.32 Å². The third kappa shape index (κ3) is 3.42. The van der Waals surface area contributed by atoms with Crippen LogP contribution in [0.4, 0.5) is 5.69 Å². The molecule has 2 aromatic heterocycles. The van der Waals surface area contributed by atoms with Gasteiger partial charge in [-0.05, 0) is 12.1 Å². The summed E-state index contributed by atoms with van der Waals surface area (Å²) in [5.74, 6) is -0.149. The summed E-state index contributed by atoms with van der Waals surface area (Å²) in [6.07, 6.45) is 1.34. The van der Waals surface area contributed by atoms with E-state index in [9.17, 15) is 9.90 Å². The van der Waals surface area contributed by atoms with Crippen molar-refractivity contribution < 1.29 is 14.4 Å². The average molecular weight is 399 g/mol. The van der Waals surface area contributed by atoms with E-state index < -0.39 is 0 Å². The number of nitrogens with one attached hydrogen (secondary N) is 1. The van der Waals surface area contributed by atoms with Crippen molar-refractivity contribution in [3.63, 3.8) is 0 Å². The van der Waals surface area contributed by atoms with E-state index >= 15 is 0 Å². The Bertz CT molecular complexity index is 952. The Hall–Kier alpha value is -2.28. The number of pyridine rings is 1. The minimum atomic E-state index is -0.333.